The smallest absolute Gasteiger partial charge is 0.383 e. The summed E-state index contributed by atoms with van der Waals surface area (Å²) < 4.78 is 47.2. The second-order valence-corrected chi connectivity index (χ2v) is 4.48. The maximum absolute atomic E-state index is 12.4. The average Bonchev–Trinajstić information content (AvgIpc) is 2.87. The molecule has 0 saturated carbocycles. The third-order valence-corrected chi connectivity index (χ3v) is 2.80. The number of halogens is 3. The van der Waals surface area contributed by atoms with Crippen LogP contribution < -0.4 is 5.73 Å². The van der Waals surface area contributed by atoms with Crippen LogP contribution in [0.5, 0.6) is 0 Å². The average molecular weight is 301 g/mol. The molecule has 2 N–H and O–H groups in total. The van der Waals surface area contributed by atoms with Crippen LogP contribution in [0.3, 0.4) is 0 Å². The van der Waals surface area contributed by atoms with Crippen LogP contribution in [0.25, 0.3) is 0 Å². The molecule has 21 heavy (non-hydrogen) atoms. The Bertz CT molecular complexity index is 581. The zero-order valence-electron chi connectivity index (χ0n) is 11.2. The van der Waals surface area contributed by atoms with Gasteiger partial charge in [-0.05, 0) is 17.7 Å². The van der Waals surface area contributed by atoms with Crippen molar-refractivity contribution in [3.8, 4) is 0 Å². The molecular weight excluding hydrogens is 287 g/mol. The molecule has 0 aliphatic heterocycles. The Morgan fingerprint density at radius 2 is 1.95 bits per heavy atom. The molecule has 0 saturated heterocycles. The highest BCUT2D eigenvalue weighted by atomic mass is 19.4. The Kier molecular flexibility index (Phi) is 4.59. The van der Waals surface area contributed by atoms with E-state index in [9.17, 15) is 13.2 Å². The highest BCUT2D eigenvalue weighted by Crippen LogP contribution is 2.29. The third-order valence-electron chi connectivity index (χ3n) is 2.80. The lowest BCUT2D eigenvalue weighted by Gasteiger charge is -2.06. The fourth-order valence-electron chi connectivity index (χ4n) is 1.73. The molecule has 1 aromatic heterocycles. The summed E-state index contributed by atoms with van der Waals surface area (Å²) in [6, 6.07) is 4.29. The van der Waals surface area contributed by atoms with Crippen molar-refractivity contribution >= 4 is 0 Å². The van der Waals surface area contributed by atoms with Crippen molar-refractivity contribution in [1.29, 1.82) is 0 Å². The number of nitrogens with two attached hydrogens (primary N) is 1. The Labute approximate surface area is 118 Å². The van der Waals surface area contributed by atoms with Crippen LogP contribution in [0, 0.1) is 0 Å². The van der Waals surface area contributed by atoms with Gasteiger partial charge in [-0.3, -0.25) is 0 Å². The van der Waals surface area contributed by atoms with Gasteiger partial charge in [-0.2, -0.15) is 18.2 Å². The number of nitrogens with zero attached hydrogens (tertiary/aromatic N) is 2. The van der Waals surface area contributed by atoms with E-state index in [1.165, 1.54) is 19.2 Å². The Balaban J connectivity index is 2.05. The summed E-state index contributed by atoms with van der Waals surface area (Å²) in [4.78, 5) is 4.09. The zero-order chi connectivity index (χ0) is 15.5. The lowest BCUT2D eigenvalue weighted by atomic mass is 10.1. The third kappa shape index (κ3) is 4.02. The molecule has 0 aliphatic rings. The van der Waals surface area contributed by atoms with Crippen LogP contribution in [0.15, 0.2) is 28.8 Å². The molecule has 8 heteroatoms. The fourth-order valence-corrected chi connectivity index (χ4v) is 1.73. The van der Waals surface area contributed by atoms with E-state index in [1.807, 2.05) is 0 Å². The minimum Gasteiger partial charge on any atom is -0.383 e. The standard InChI is InChI=1S/C13H14F3N3O2/c1-20-7-10(17)12-18-11(21-19-12)6-8-2-4-9(5-3-8)13(14,15)16/h2-5,10H,6-7,17H2,1H3. The summed E-state index contributed by atoms with van der Waals surface area (Å²) in [6.45, 7) is 0.249. The first-order chi connectivity index (χ1) is 9.90. The highest BCUT2D eigenvalue weighted by Gasteiger charge is 2.29. The van der Waals surface area contributed by atoms with Crippen LogP contribution in [0.1, 0.15) is 28.9 Å². The van der Waals surface area contributed by atoms with Crippen molar-refractivity contribution in [3.63, 3.8) is 0 Å². The van der Waals surface area contributed by atoms with E-state index < -0.39 is 17.8 Å². The van der Waals surface area contributed by atoms with Gasteiger partial charge in [0.25, 0.3) is 0 Å². The first-order valence-electron chi connectivity index (χ1n) is 6.13. The molecule has 2 aromatic rings. The summed E-state index contributed by atoms with van der Waals surface area (Å²) in [5.74, 6) is 0.593. The largest absolute Gasteiger partial charge is 0.416 e. The normalized spacial score (nSPS) is 13.4. The molecule has 1 unspecified atom stereocenters. The summed E-state index contributed by atoms with van der Waals surface area (Å²) in [5.41, 5.74) is 5.69. The number of hydrogen-bond acceptors (Lipinski definition) is 5. The van der Waals surface area contributed by atoms with Gasteiger partial charge in [0.2, 0.25) is 5.89 Å². The number of methoxy groups -OCH3 is 1. The molecule has 1 aromatic carbocycles. The second-order valence-electron chi connectivity index (χ2n) is 4.48. The summed E-state index contributed by atoms with van der Waals surface area (Å²) in [6.07, 6.45) is -4.10. The molecule has 0 amide bonds. The van der Waals surface area contributed by atoms with E-state index in [0.717, 1.165) is 12.1 Å². The van der Waals surface area contributed by atoms with Gasteiger partial charge in [-0.1, -0.05) is 17.3 Å². The number of rotatable bonds is 5. The van der Waals surface area contributed by atoms with E-state index in [0.29, 0.717) is 11.4 Å². The predicted octanol–water partition coefficient (Wildman–Crippen LogP) is 2.33. The van der Waals surface area contributed by atoms with Crippen molar-refractivity contribution in [2.45, 2.75) is 18.6 Å². The van der Waals surface area contributed by atoms with Gasteiger partial charge >= 0.3 is 6.18 Å². The van der Waals surface area contributed by atoms with Gasteiger partial charge in [0.1, 0.15) is 0 Å². The van der Waals surface area contributed by atoms with Gasteiger partial charge < -0.3 is 15.0 Å². The number of aromatic nitrogens is 2. The Morgan fingerprint density at radius 1 is 1.29 bits per heavy atom. The van der Waals surface area contributed by atoms with Gasteiger partial charge in [0.05, 0.1) is 24.6 Å². The Hall–Kier alpha value is -1.93. The number of ether oxygens (including phenoxy) is 1. The molecule has 114 valence electrons. The molecule has 2 rings (SSSR count). The van der Waals surface area contributed by atoms with E-state index in [1.54, 1.807) is 0 Å². The zero-order valence-corrected chi connectivity index (χ0v) is 11.2. The maximum Gasteiger partial charge on any atom is 0.416 e. The first kappa shape index (κ1) is 15.5. The lowest BCUT2D eigenvalue weighted by molar-refractivity contribution is -0.137. The maximum atomic E-state index is 12.4. The molecule has 0 bridgehead atoms. The van der Waals surface area contributed by atoms with Crippen molar-refractivity contribution in [2.75, 3.05) is 13.7 Å². The summed E-state index contributed by atoms with van der Waals surface area (Å²) in [5, 5.41) is 3.72. The topological polar surface area (TPSA) is 74.2 Å². The van der Waals surface area contributed by atoms with Crippen LogP contribution in [-0.2, 0) is 17.3 Å². The van der Waals surface area contributed by atoms with Crippen molar-refractivity contribution in [3.05, 3.63) is 47.1 Å². The van der Waals surface area contributed by atoms with E-state index in [-0.39, 0.29) is 18.9 Å². The van der Waals surface area contributed by atoms with E-state index >= 15 is 0 Å². The molecule has 0 radical (unpaired) electrons. The molecule has 5 nitrogen and oxygen atoms in total. The number of benzene rings is 1. The summed E-state index contributed by atoms with van der Waals surface area (Å²) >= 11 is 0. The second kappa shape index (κ2) is 6.23. The van der Waals surface area contributed by atoms with Gasteiger partial charge in [0.15, 0.2) is 5.82 Å². The predicted molar refractivity (Wildman–Crippen MR) is 67.4 cm³/mol. The fraction of sp³-hybridized carbons (Fsp3) is 0.385. The van der Waals surface area contributed by atoms with E-state index in [2.05, 4.69) is 10.1 Å². The van der Waals surface area contributed by atoms with Crippen molar-refractivity contribution in [2.24, 2.45) is 5.73 Å². The highest BCUT2D eigenvalue weighted by molar-refractivity contribution is 5.26. The van der Waals surface area contributed by atoms with Gasteiger partial charge in [-0.25, -0.2) is 0 Å². The quantitative estimate of drug-likeness (QED) is 0.917. The SMILES string of the molecule is COCC(N)c1noc(Cc2ccc(C(F)(F)F)cc2)n1. The van der Waals surface area contributed by atoms with Crippen LogP contribution in [-0.4, -0.2) is 23.9 Å². The summed E-state index contributed by atoms with van der Waals surface area (Å²) in [7, 11) is 1.50. The van der Waals surface area contributed by atoms with Gasteiger partial charge in [0, 0.05) is 7.11 Å². The minimum absolute atomic E-state index is 0.241. The molecule has 0 spiro atoms. The molecule has 0 aliphatic carbocycles. The van der Waals surface area contributed by atoms with Crippen LogP contribution in [0.2, 0.25) is 0 Å². The van der Waals surface area contributed by atoms with Crippen molar-refractivity contribution < 1.29 is 22.4 Å². The minimum atomic E-state index is -4.34. The lowest BCUT2D eigenvalue weighted by Crippen LogP contribution is -2.17. The van der Waals surface area contributed by atoms with Gasteiger partial charge in [-0.15, -0.1) is 0 Å². The molecule has 1 atom stereocenters. The number of hydrogen-bond donors (Lipinski definition) is 1. The van der Waals surface area contributed by atoms with E-state index in [4.69, 9.17) is 15.0 Å². The molecular formula is C13H14F3N3O2. The van der Waals surface area contributed by atoms with Crippen LogP contribution in [0.4, 0.5) is 13.2 Å². The van der Waals surface area contributed by atoms with Crippen molar-refractivity contribution in [1.82, 2.24) is 10.1 Å². The number of alkyl halides is 3. The van der Waals surface area contributed by atoms with Crippen LogP contribution >= 0.6 is 0 Å². The first-order valence-corrected chi connectivity index (χ1v) is 6.13. The Morgan fingerprint density at radius 3 is 2.52 bits per heavy atom. The molecule has 1 heterocycles. The monoisotopic (exact) mass is 301 g/mol. The molecule has 0 fully saturated rings.